The van der Waals surface area contributed by atoms with Gasteiger partial charge >= 0.3 is 0 Å². The normalized spacial score (nSPS) is 10.3. The molecule has 0 aliphatic carbocycles. The van der Waals surface area contributed by atoms with Crippen LogP contribution in [0.25, 0.3) is 0 Å². The monoisotopic (exact) mass is 305 g/mol. The minimum Gasteiger partial charge on any atom is -0.492 e. The summed E-state index contributed by atoms with van der Waals surface area (Å²) < 4.78 is 6.45. The highest BCUT2D eigenvalue weighted by Crippen LogP contribution is 2.13. The quantitative estimate of drug-likeness (QED) is 0.588. The number of hydrogen-bond donors (Lipinski definition) is 0. The Kier molecular flexibility index (Phi) is 5.21. The molecule has 0 N–H and O–H groups in total. The standard InChI is InChI=1S/C15H16BrNO/c16-15-10-9-14(12-17-15)18-11-5-4-8-13-6-2-1-3-7-13/h1-3,6-7,9-10,12H,4-5,8,11H2. The molecule has 1 aromatic carbocycles. The van der Waals surface area contributed by atoms with Crippen LogP contribution in [0.1, 0.15) is 18.4 Å². The second-order valence-corrected chi connectivity index (χ2v) is 4.92. The molecule has 18 heavy (non-hydrogen) atoms. The molecule has 0 saturated carbocycles. The van der Waals surface area contributed by atoms with E-state index in [1.807, 2.05) is 18.2 Å². The number of halogens is 1. The van der Waals surface area contributed by atoms with Gasteiger partial charge in [0.2, 0.25) is 0 Å². The van der Waals surface area contributed by atoms with Crippen molar-refractivity contribution in [3.05, 3.63) is 58.8 Å². The fraction of sp³-hybridized carbons (Fsp3) is 0.267. The van der Waals surface area contributed by atoms with Crippen LogP contribution in [0.3, 0.4) is 0 Å². The first-order valence-electron chi connectivity index (χ1n) is 6.13. The summed E-state index contributed by atoms with van der Waals surface area (Å²) in [5.41, 5.74) is 1.39. The molecule has 0 amide bonds. The van der Waals surface area contributed by atoms with Crippen LogP contribution in [0.2, 0.25) is 0 Å². The van der Waals surface area contributed by atoms with E-state index >= 15 is 0 Å². The van der Waals surface area contributed by atoms with Gasteiger partial charge in [-0.1, -0.05) is 30.3 Å². The van der Waals surface area contributed by atoms with E-state index in [9.17, 15) is 0 Å². The number of aryl methyl sites for hydroxylation is 1. The molecule has 0 unspecified atom stereocenters. The van der Waals surface area contributed by atoms with Crippen LogP contribution < -0.4 is 4.74 Å². The fourth-order valence-corrected chi connectivity index (χ4v) is 1.95. The highest BCUT2D eigenvalue weighted by atomic mass is 79.9. The van der Waals surface area contributed by atoms with E-state index in [1.165, 1.54) is 5.56 Å². The zero-order valence-corrected chi connectivity index (χ0v) is 11.8. The molecule has 0 spiro atoms. The van der Waals surface area contributed by atoms with E-state index in [2.05, 4.69) is 45.2 Å². The van der Waals surface area contributed by atoms with Crippen molar-refractivity contribution >= 4 is 15.9 Å². The van der Waals surface area contributed by atoms with Crippen molar-refractivity contribution in [3.63, 3.8) is 0 Å². The molecular formula is C15H16BrNO. The molecule has 2 aromatic rings. The highest BCUT2D eigenvalue weighted by molar-refractivity contribution is 9.10. The molecule has 2 rings (SSSR count). The van der Waals surface area contributed by atoms with Crippen LogP contribution in [0, 0.1) is 0 Å². The third kappa shape index (κ3) is 4.49. The molecule has 0 saturated heterocycles. The maximum atomic E-state index is 5.62. The number of benzene rings is 1. The van der Waals surface area contributed by atoms with Gasteiger partial charge in [-0.15, -0.1) is 0 Å². The van der Waals surface area contributed by atoms with Crippen LogP contribution in [-0.4, -0.2) is 11.6 Å². The first-order chi connectivity index (χ1) is 8.84. The third-order valence-corrected chi connectivity index (χ3v) is 3.14. The second-order valence-electron chi connectivity index (χ2n) is 4.11. The average molecular weight is 306 g/mol. The maximum absolute atomic E-state index is 5.62. The Morgan fingerprint density at radius 1 is 1.00 bits per heavy atom. The van der Waals surface area contributed by atoms with E-state index in [0.29, 0.717) is 0 Å². The molecule has 0 atom stereocenters. The first-order valence-corrected chi connectivity index (χ1v) is 6.92. The lowest BCUT2D eigenvalue weighted by Crippen LogP contribution is -1.98. The van der Waals surface area contributed by atoms with Crippen molar-refractivity contribution in [2.45, 2.75) is 19.3 Å². The van der Waals surface area contributed by atoms with Crippen molar-refractivity contribution < 1.29 is 4.74 Å². The van der Waals surface area contributed by atoms with Gasteiger partial charge in [0.25, 0.3) is 0 Å². The van der Waals surface area contributed by atoms with Crippen molar-refractivity contribution in [1.29, 1.82) is 0 Å². The summed E-state index contributed by atoms with van der Waals surface area (Å²) in [5.74, 6) is 0.831. The largest absolute Gasteiger partial charge is 0.492 e. The van der Waals surface area contributed by atoms with Gasteiger partial charge in [0.15, 0.2) is 0 Å². The van der Waals surface area contributed by atoms with Gasteiger partial charge in [-0.3, -0.25) is 0 Å². The van der Waals surface area contributed by atoms with E-state index in [-0.39, 0.29) is 0 Å². The van der Waals surface area contributed by atoms with E-state index in [0.717, 1.165) is 36.2 Å². The summed E-state index contributed by atoms with van der Waals surface area (Å²) in [6.07, 6.45) is 5.06. The minimum atomic E-state index is 0.746. The highest BCUT2D eigenvalue weighted by Gasteiger charge is 1.96. The molecule has 2 nitrogen and oxygen atoms in total. The molecule has 0 fully saturated rings. The Hall–Kier alpha value is -1.35. The third-order valence-electron chi connectivity index (χ3n) is 2.67. The lowest BCUT2D eigenvalue weighted by atomic mass is 10.1. The van der Waals surface area contributed by atoms with Crippen LogP contribution in [0.5, 0.6) is 5.75 Å². The zero-order valence-electron chi connectivity index (χ0n) is 10.2. The molecule has 0 aliphatic heterocycles. The van der Waals surface area contributed by atoms with Crippen LogP contribution >= 0.6 is 15.9 Å². The number of ether oxygens (including phenoxy) is 1. The molecule has 1 aromatic heterocycles. The minimum absolute atomic E-state index is 0.746. The topological polar surface area (TPSA) is 22.1 Å². The Balaban J connectivity index is 1.63. The number of hydrogen-bond acceptors (Lipinski definition) is 2. The van der Waals surface area contributed by atoms with E-state index in [4.69, 9.17) is 4.74 Å². The predicted octanol–water partition coefficient (Wildman–Crippen LogP) is 4.25. The van der Waals surface area contributed by atoms with Crippen molar-refractivity contribution in [2.75, 3.05) is 6.61 Å². The Bertz CT molecular complexity index is 456. The van der Waals surface area contributed by atoms with Gasteiger partial charge < -0.3 is 4.74 Å². The summed E-state index contributed by atoms with van der Waals surface area (Å²) in [7, 11) is 0. The van der Waals surface area contributed by atoms with Gasteiger partial charge in [0, 0.05) is 0 Å². The average Bonchev–Trinajstić information content (AvgIpc) is 2.42. The number of pyridine rings is 1. The first kappa shape index (κ1) is 13.1. The molecule has 0 aliphatic rings. The number of rotatable bonds is 6. The predicted molar refractivity (Wildman–Crippen MR) is 76.8 cm³/mol. The Morgan fingerprint density at radius 3 is 2.56 bits per heavy atom. The van der Waals surface area contributed by atoms with Gasteiger partial charge in [0.1, 0.15) is 10.4 Å². The van der Waals surface area contributed by atoms with Gasteiger partial charge in [-0.2, -0.15) is 0 Å². The van der Waals surface area contributed by atoms with E-state index < -0.39 is 0 Å². The van der Waals surface area contributed by atoms with Crippen molar-refractivity contribution in [2.24, 2.45) is 0 Å². The zero-order chi connectivity index (χ0) is 12.6. The molecule has 94 valence electrons. The SMILES string of the molecule is Brc1ccc(OCCCCc2ccccc2)cn1. The fourth-order valence-electron chi connectivity index (χ4n) is 1.71. The Morgan fingerprint density at radius 2 is 1.83 bits per heavy atom. The van der Waals surface area contributed by atoms with Gasteiger partial charge in [-0.25, -0.2) is 4.98 Å². The van der Waals surface area contributed by atoms with Crippen LogP contribution in [0.4, 0.5) is 0 Å². The van der Waals surface area contributed by atoms with E-state index in [1.54, 1.807) is 6.20 Å². The van der Waals surface area contributed by atoms with Crippen molar-refractivity contribution in [3.8, 4) is 5.75 Å². The molecule has 0 bridgehead atoms. The molecular weight excluding hydrogens is 290 g/mol. The van der Waals surface area contributed by atoms with Crippen molar-refractivity contribution in [1.82, 2.24) is 4.98 Å². The summed E-state index contributed by atoms with van der Waals surface area (Å²) >= 11 is 3.30. The Labute approximate surface area is 116 Å². The lowest BCUT2D eigenvalue weighted by Gasteiger charge is -2.05. The van der Waals surface area contributed by atoms with Gasteiger partial charge in [0.05, 0.1) is 12.8 Å². The second kappa shape index (κ2) is 7.17. The summed E-state index contributed by atoms with van der Waals surface area (Å²) in [6.45, 7) is 0.746. The molecule has 0 radical (unpaired) electrons. The molecule has 3 heteroatoms. The smallest absolute Gasteiger partial charge is 0.137 e. The summed E-state index contributed by atoms with van der Waals surface area (Å²) in [6, 6.07) is 14.4. The summed E-state index contributed by atoms with van der Waals surface area (Å²) in [4.78, 5) is 4.12. The maximum Gasteiger partial charge on any atom is 0.137 e. The van der Waals surface area contributed by atoms with Gasteiger partial charge in [-0.05, 0) is 52.9 Å². The number of unbranched alkanes of at least 4 members (excludes halogenated alkanes) is 1. The number of aromatic nitrogens is 1. The van der Waals surface area contributed by atoms with Crippen LogP contribution in [0.15, 0.2) is 53.3 Å². The summed E-state index contributed by atoms with van der Waals surface area (Å²) in [5, 5.41) is 0. The van der Waals surface area contributed by atoms with Crippen LogP contribution in [-0.2, 0) is 6.42 Å². The lowest BCUT2D eigenvalue weighted by molar-refractivity contribution is 0.305. The molecule has 1 heterocycles. The number of nitrogens with zero attached hydrogens (tertiary/aromatic N) is 1.